The molecular formula is C18H23ClN2. The number of nitrogens with zero attached hydrogens (tertiary/aromatic N) is 1. The van der Waals surface area contributed by atoms with Gasteiger partial charge < -0.3 is 5.32 Å². The molecule has 0 saturated carbocycles. The standard InChI is InChI=1S/C18H23ClN2/c1-4-10-20-18(15-9-8-13(3)16(19)12-15)17-14(5-2)7-6-11-21-17/h6-9,11-12,18,20H,4-5,10H2,1-3H3. The van der Waals surface area contributed by atoms with Crippen LogP contribution in [0.1, 0.15) is 48.7 Å². The topological polar surface area (TPSA) is 24.9 Å². The summed E-state index contributed by atoms with van der Waals surface area (Å²) in [7, 11) is 0. The van der Waals surface area contributed by atoms with Gasteiger partial charge in [-0.2, -0.15) is 0 Å². The Bertz CT molecular complexity index is 596. The van der Waals surface area contributed by atoms with E-state index in [1.54, 1.807) is 0 Å². The van der Waals surface area contributed by atoms with Gasteiger partial charge in [-0.3, -0.25) is 4.98 Å². The zero-order valence-corrected chi connectivity index (χ0v) is 13.7. The first-order chi connectivity index (χ1) is 10.2. The molecule has 2 aromatic rings. The molecule has 0 fully saturated rings. The number of hydrogen-bond acceptors (Lipinski definition) is 2. The van der Waals surface area contributed by atoms with Crippen molar-refractivity contribution in [3.05, 3.63) is 63.9 Å². The molecule has 0 amide bonds. The van der Waals surface area contributed by atoms with Crippen LogP contribution < -0.4 is 5.32 Å². The van der Waals surface area contributed by atoms with Crippen LogP contribution in [0, 0.1) is 6.92 Å². The number of pyridine rings is 1. The average molecular weight is 303 g/mol. The molecule has 1 aromatic heterocycles. The molecule has 0 saturated heterocycles. The molecule has 0 aliphatic rings. The predicted molar refractivity (Wildman–Crippen MR) is 89.9 cm³/mol. The fraction of sp³-hybridized carbons (Fsp3) is 0.389. The number of benzene rings is 1. The molecule has 1 heterocycles. The third-order valence-electron chi connectivity index (χ3n) is 3.71. The fourth-order valence-electron chi connectivity index (χ4n) is 2.46. The van der Waals surface area contributed by atoms with E-state index in [-0.39, 0.29) is 6.04 Å². The Hall–Kier alpha value is -1.38. The minimum Gasteiger partial charge on any atom is -0.305 e. The third kappa shape index (κ3) is 3.84. The summed E-state index contributed by atoms with van der Waals surface area (Å²) in [6, 6.07) is 10.5. The summed E-state index contributed by atoms with van der Waals surface area (Å²) in [6.45, 7) is 7.32. The second kappa shape index (κ2) is 7.58. The Morgan fingerprint density at radius 1 is 1.24 bits per heavy atom. The van der Waals surface area contributed by atoms with Crippen LogP contribution in [0.25, 0.3) is 0 Å². The molecule has 2 rings (SSSR count). The van der Waals surface area contributed by atoms with Gasteiger partial charge in [0.25, 0.3) is 0 Å². The van der Waals surface area contributed by atoms with E-state index in [0.29, 0.717) is 0 Å². The summed E-state index contributed by atoms with van der Waals surface area (Å²) in [5.74, 6) is 0. The van der Waals surface area contributed by atoms with E-state index >= 15 is 0 Å². The highest BCUT2D eigenvalue weighted by Crippen LogP contribution is 2.27. The number of aromatic nitrogens is 1. The molecule has 1 atom stereocenters. The van der Waals surface area contributed by atoms with E-state index in [2.05, 4.69) is 48.4 Å². The zero-order valence-electron chi connectivity index (χ0n) is 13.0. The van der Waals surface area contributed by atoms with Crippen molar-refractivity contribution in [3.63, 3.8) is 0 Å². The van der Waals surface area contributed by atoms with Crippen LogP contribution in [-0.2, 0) is 6.42 Å². The van der Waals surface area contributed by atoms with Crippen LogP contribution in [-0.4, -0.2) is 11.5 Å². The first-order valence-corrected chi connectivity index (χ1v) is 7.98. The molecule has 1 unspecified atom stereocenters. The Balaban J connectivity index is 2.44. The molecular weight excluding hydrogens is 280 g/mol. The van der Waals surface area contributed by atoms with Crippen LogP contribution in [0.3, 0.4) is 0 Å². The van der Waals surface area contributed by atoms with Gasteiger partial charge in [0.15, 0.2) is 0 Å². The smallest absolute Gasteiger partial charge is 0.0754 e. The number of halogens is 1. The van der Waals surface area contributed by atoms with Gasteiger partial charge in [-0.15, -0.1) is 0 Å². The molecule has 1 aromatic carbocycles. The second-order valence-electron chi connectivity index (χ2n) is 5.30. The molecule has 21 heavy (non-hydrogen) atoms. The van der Waals surface area contributed by atoms with Gasteiger partial charge in [0.05, 0.1) is 11.7 Å². The van der Waals surface area contributed by atoms with Crippen LogP contribution in [0.5, 0.6) is 0 Å². The Kier molecular flexibility index (Phi) is 5.77. The maximum absolute atomic E-state index is 6.30. The van der Waals surface area contributed by atoms with Crippen LogP contribution in [0.4, 0.5) is 0 Å². The number of rotatable bonds is 6. The molecule has 0 spiro atoms. The van der Waals surface area contributed by atoms with Gasteiger partial charge in [0.1, 0.15) is 0 Å². The van der Waals surface area contributed by atoms with E-state index in [1.165, 1.54) is 11.1 Å². The summed E-state index contributed by atoms with van der Waals surface area (Å²) in [4.78, 5) is 4.63. The summed E-state index contributed by atoms with van der Waals surface area (Å²) < 4.78 is 0. The van der Waals surface area contributed by atoms with Gasteiger partial charge in [-0.05, 0) is 55.1 Å². The van der Waals surface area contributed by atoms with Crippen molar-refractivity contribution in [2.45, 2.75) is 39.7 Å². The monoisotopic (exact) mass is 302 g/mol. The molecule has 0 aliphatic heterocycles. The molecule has 2 nitrogen and oxygen atoms in total. The van der Waals surface area contributed by atoms with Crippen molar-refractivity contribution in [2.24, 2.45) is 0 Å². The van der Waals surface area contributed by atoms with E-state index < -0.39 is 0 Å². The van der Waals surface area contributed by atoms with Gasteiger partial charge in [0, 0.05) is 11.2 Å². The highest BCUT2D eigenvalue weighted by atomic mass is 35.5. The van der Waals surface area contributed by atoms with E-state index in [4.69, 9.17) is 11.6 Å². The quantitative estimate of drug-likeness (QED) is 0.837. The SMILES string of the molecule is CCCNC(c1ccc(C)c(Cl)c1)c1ncccc1CC. The van der Waals surface area contributed by atoms with Crippen molar-refractivity contribution in [1.29, 1.82) is 0 Å². The summed E-state index contributed by atoms with van der Waals surface area (Å²) in [5.41, 5.74) is 4.66. The second-order valence-corrected chi connectivity index (χ2v) is 5.70. The van der Waals surface area contributed by atoms with Crippen molar-refractivity contribution in [1.82, 2.24) is 10.3 Å². The van der Waals surface area contributed by atoms with Crippen LogP contribution in [0.2, 0.25) is 5.02 Å². The van der Waals surface area contributed by atoms with E-state index in [0.717, 1.165) is 35.7 Å². The summed E-state index contributed by atoms with van der Waals surface area (Å²) >= 11 is 6.30. The lowest BCUT2D eigenvalue weighted by atomic mass is 9.97. The minimum atomic E-state index is 0.0965. The van der Waals surface area contributed by atoms with Crippen LogP contribution in [0.15, 0.2) is 36.5 Å². The van der Waals surface area contributed by atoms with Crippen molar-refractivity contribution in [3.8, 4) is 0 Å². The third-order valence-corrected chi connectivity index (χ3v) is 4.12. The van der Waals surface area contributed by atoms with E-state index in [1.807, 2.05) is 19.2 Å². The average Bonchev–Trinajstić information content (AvgIpc) is 2.51. The maximum atomic E-state index is 6.30. The molecule has 0 aliphatic carbocycles. The van der Waals surface area contributed by atoms with Gasteiger partial charge in [-0.25, -0.2) is 0 Å². The summed E-state index contributed by atoms with van der Waals surface area (Å²) in [6.07, 6.45) is 3.93. The Labute approximate surface area is 132 Å². The highest BCUT2D eigenvalue weighted by molar-refractivity contribution is 6.31. The largest absolute Gasteiger partial charge is 0.305 e. The number of nitrogens with one attached hydrogen (secondary N) is 1. The zero-order chi connectivity index (χ0) is 15.2. The molecule has 3 heteroatoms. The first-order valence-electron chi connectivity index (χ1n) is 7.60. The lowest BCUT2D eigenvalue weighted by molar-refractivity contribution is 0.582. The maximum Gasteiger partial charge on any atom is 0.0754 e. The summed E-state index contributed by atoms with van der Waals surface area (Å²) in [5, 5.41) is 4.41. The minimum absolute atomic E-state index is 0.0965. The van der Waals surface area contributed by atoms with Crippen molar-refractivity contribution in [2.75, 3.05) is 6.54 Å². The molecule has 1 N–H and O–H groups in total. The highest BCUT2D eigenvalue weighted by Gasteiger charge is 2.18. The Morgan fingerprint density at radius 3 is 2.71 bits per heavy atom. The van der Waals surface area contributed by atoms with Crippen LogP contribution >= 0.6 is 11.6 Å². The molecule has 0 bridgehead atoms. The predicted octanol–water partition coefficient (Wildman–Crippen LogP) is 4.69. The van der Waals surface area contributed by atoms with Gasteiger partial charge >= 0.3 is 0 Å². The Morgan fingerprint density at radius 2 is 2.05 bits per heavy atom. The van der Waals surface area contributed by atoms with Crippen molar-refractivity contribution >= 4 is 11.6 Å². The molecule has 112 valence electrons. The normalized spacial score (nSPS) is 12.4. The van der Waals surface area contributed by atoms with Crippen molar-refractivity contribution < 1.29 is 0 Å². The van der Waals surface area contributed by atoms with Gasteiger partial charge in [-0.1, -0.05) is 43.6 Å². The van der Waals surface area contributed by atoms with E-state index in [9.17, 15) is 0 Å². The lowest BCUT2D eigenvalue weighted by Gasteiger charge is -2.21. The van der Waals surface area contributed by atoms with Gasteiger partial charge in [0.2, 0.25) is 0 Å². The molecule has 0 radical (unpaired) electrons. The first kappa shape index (κ1) is 16.0. The number of aryl methyl sites for hydroxylation is 2. The fourth-order valence-corrected chi connectivity index (χ4v) is 2.65. The number of hydrogen-bond donors (Lipinski definition) is 1. The lowest BCUT2D eigenvalue weighted by Crippen LogP contribution is -2.25.